The minimum atomic E-state index is 0.575. The van der Waals surface area contributed by atoms with Gasteiger partial charge in [-0.15, -0.1) is 11.3 Å². The maximum absolute atomic E-state index is 3.35. The van der Waals surface area contributed by atoms with E-state index in [0.29, 0.717) is 18.0 Å². The number of thiophene rings is 1. The highest BCUT2D eigenvalue weighted by Crippen LogP contribution is 2.35. The fraction of sp³-hybridized carbons (Fsp3) is 0.714. The summed E-state index contributed by atoms with van der Waals surface area (Å²) in [6, 6.07) is 3.53. The van der Waals surface area contributed by atoms with E-state index in [2.05, 4.69) is 49.5 Å². The predicted molar refractivity (Wildman–Crippen MR) is 75.7 cm³/mol. The second kappa shape index (κ2) is 5.51. The lowest BCUT2D eigenvalue weighted by molar-refractivity contribution is 0.102. The Bertz CT molecular complexity index is 359. The number of rotatable bonds is 4. The van der Waals surface area contributed by atoms with Crippen LogP contribution in [0.2, 0.25) is 0 Å². The van der Waals surface area contributed by atoms with E-state index in [1.54, 1.807) is 10.4 Å². The Balaban J connectivity index is 2.17. The molecule has 0 fully saturated rings. The summed E-state index contributed by atoms with van der Waals surface area (Å²) in [6.45, 7) is 9.31. The van der Waals surface area contributed by atoms with Crippen LogP contribution in [-0.4, -0.2) is 31.1 Å². The fourth-order valence-corrected chi connectivity index (χ4v) is 3.89. The monoisotopic (exact) mass is 252 g/mol. The summed E-state index contributed by atoms with van der Waals surface area (Å²) in [4.78, 5) is 4.27. The Labute approximate surface area is 109 Å². The average molecular weight is 252 g/mol. The van der Waals surface area contributed by atoms with Crippen molar-refractivity contribution in [2.45, 2.75) is 39.3 Å². The number of nitrogens with zero attached hydrogens (tertiary/aromatic N) is 1. The number of hydrogen-bond donors (Lipinski definition) is 1. The van der Waals surface area contributed by atoms with Gasteiger partial charge in [-0.2, -0.15) is 0 Å². The highest BCUT2D eigenvalue weighted by atomic mass is 32.1. The molecule has 1 aromatic heterocycles. The molecule has 0 amide bonds. The van der Waals surface area contributed by atoms with Crippen molar-refractivity contribution >= 4 is 11.3 Å². The lowest BCUT2D eigenvalue weighted by Gasteiger charge is -2.41. The van der Waals surface area contributed by atoms with E-state index >= 15 is 0 Å². The van der Waals surface area contributed by atoms with Crippen LogP contribution in [0.25, 0.3) is 0 Å². The first-order valence-electron chi connectivity index (χ1n) is 6.61. The van der Waals surface area contributed by atoms with E-state index in [1.807, 2.05) is 11.3 Å². The average Bonchev–Trinajstić information content (AvgIpc) is 2.76. The topological polar surface area (TPSA) is 15.3 Å². The third-order valence-corrected chi connectivity index (χ3v) is 4.93. The highest BCUT2D eigenvalue weighted by molar-refractivity contribution is 7.10. The molecule has 0 bridgehead atoms. The van der Waals surface area contributed by atoms with Crippen LogP contribution in [0.15, 0.2) is 11.4 Å². The first-order valence-corrected chi connectivity index (χ1v) is 7.49. The van der Waals surface area contributed by atoms with Gasteiger partial charge in [-0.25, -0.2) is 0 Å². The Morgan fingerprint density at radius 1 is 1.53 bits per heavy atom. The van der Waals surface area contributed by atoms with Gasteiger partial charge < -0.3 is 5.32 Å². The normalized spacial score (nSPS) is 22.8. The Kier molecular flexibility index (Phi) is 4.23. The van der Waals surface area contributed by atoms with Gasteiger partial charge in [-0.1, -0.05) is 13.8 Å². The van der Waals surface area contributed by atoms with Gasteiger partial charge >= 0.3 is 0 Å². The quantitative estimate of drug-likeness (QED) is 0.886. The standard InChI is InChI=1S/C14H24N2S/c1-10(2)13(9-15-4)16-7-5-14-12(11(16)3)6-8-17-14/h6,8,10-11,13,15H,5,7,9H2,1-4H3. The van der Waals surface area contributed by atoms with Crippen LogP contribution in [-0.2, 0) is 6.42 Å². The molecular weight excluding hydrogens is 228 g/mol. The van der Waals surface area contributed by atoms with Crippen LogP contribution in [0, 0.1) is 5.92 Å². The van der Waals surface area contributed by atoms with Crippen LogP contribution < -0.4 is 5.32 Å². The van der Waals surface area contributed by atoms with Crippen molar-refractivity contribution < 1.29 is 0 Å². The van der Waals surface area contributed by atoms with Gasteiger partial charge in [0, 0.05) is 30.1 Å². The summed E-state index contributed by atoms with van der Waals surface area (Å²) < 4.78 is 0. The van der Waals surface area contributed by atoms with E-state index in [-0.39, 0.29) is 0 Å². The molecule has 2 unspecified atom stereocenters. The lowest BCUT2D eigenvalue weighted by Crippen LogP contribution is -2.48. The third kappa shape index (κ3) is 2.56. The highest BCUT2D eigenvalue weighted by Gasteiger charge is 2.31. The fourth-order valence-electron chi connectivity index (χ4n) is 2.93. The van der Waals surface area contributed by atoms with Crippen molar-refractivity contribution in [2.75, 3.05) is 20.1 Å². The van der Waals surface area contributed by atoms with Crippen molar-refractivity contribution in [3.8, 4) is 0 Å². The van der Waals surface area contributed by atoms with E-state index in [1.165, 1.54) is 13.0 Å². The SMILES string of the molecule is CNCC(C(C)C)N1CCc2sccc2C1C. The molecule has 1 aromatic rings. The number of likely N-dealkylation sites (N-methyl/N-ethyl adjacent to an activating group) is 1. The lowest BCUT2D eigenvalue weighted by atomic mass is 9.94. The van der Waals surface area contributed by atoms with E-state index in [9.17, 15) is 0 Å². The van der Waals surface area contributed by atoms with Gasteiger partial charge in [-0.3, -0.25) is 4.90 Å². The van der Waals surface area contributed by atoms with Crippen LogP contribution in [0.1, 0.15) is 37.3 Å². The molecule has 0 aliphatic carbocycles. The van der Waals surface area contributed by atoms with E-state index in [0.717, 1.165) is 6.54 Å². The molecule has 17 heavy (non-hydrogen) atoms. The van der Waals surface area contributed by atoms with Crippen molar-refractivity contribution in [3.63, 3.8) is 0 Å². The van der Waals surface area contributed by atoms with Crippen molar-refractivity contribution in [1.82, 2.24) is 10.2 Å². The van der Waals surface area contributed by atoms with Gasteiger partial charge in [0.2, 0.25) is 0 Å². The van der Waals surface area contributed by atoms with Gasteiger partial charge in [0.15, 0.2) is 0 Å². The number of fused-ring (bicyclic) bond motifs is 1. The molecule has 0 radical (unpaired) electrons. The minimum absolute atomic E-state index is 0.575. The molecule has 0 saturated heterocycles. The molecule has 1 N–H and O–H groups in total. The van der Waals surface area contributed by atoms with Crippen molar-refractivity contribution in [1.29, 1.82) is 0 Å². The summed E-state index contributed by atoms with van der Waals surface area (Å²) in [5, 5.41) is 5.59. The first kappa shape index (κ1) is 13.1. The molecule has 1 aliphatic rings. The summed E-state index contributed by atoms with van der Waals surface area (Å²) in [5.41, 5.74) is 1.56. The first-order chi connectivity index (χ1) is 8.15. The second-order valence-corrected chi connectivity index (χ2v) is 6.33. The predicted octanol–water partition coefficient (Wildman–Crippen LogP) is 2.91. The smallest absolute Gasteiger partial charge is 0.0334 e. The summed E-state index contributed by atoms with van der Waals surface area (Å²) in [5.74, 6) is 0.699. The molecule has 3 heteroatoms. The molecule has 1 aliphatic heterocycles. The zero-order valence-corrected chi connectivity index (χ0v) is 12.2. The number of nitrogens with one attached hydrogen (secondary N) is 1. The maximum atomic E-state index is 3.35. The summed E-state index contributed by atoms with van der Waals surface area (Å²) in [6.07, 6.45) is 1.23. The molecule has 2 atom stereocenters. The molecule has 96 valence electrons. The zero-order valence-electron chi connectivity index (χ0n) is 11.4. The summed E-state index contributed by atoms with van der Waals surface area (Å²) in [7, 11) is 2.06. The van der Waals surface area contributed by atoms with Crippen LogP contribution in [0.4, 0.5) is 0 Å². The van der Waals surface area contributed by atoms with E-state index < -0.39 is 0 Å². The Morgan fingerprint density at radius 2 is 2.29 bits per heavy atom. The number of hydrogen-bond acceptors (Lipinski definition) is 3. The maximum Gasteiger partial charge on any atom is 0.0334 e. The van der Waals surface area contributed by atoms with Crippen LogP contribution in [0.3, 0.4) is 0 Å². The molecule has 0 spiro atoms. The van der Waals surface area contributed by atoms with Gasteiger partial charge in [-0.05, 0) is 43.3 Å². The van der Waals surface area contributed by atoms with Crippen molar-refractivity contribution in [3.05, 3.63) is 21.9 Å². The largest absolute Gasteiger partial charge is 0.318 e. The molecule has 2 heterocycles. The molecular formula is C14H24N2S. The zero-order chi connectivity index (χ0) is 12.4. The van der Waals surface area contributed by atoms with Gasteiger partial charge in [0.25, 0.3) is 0 Å². The van der Waals surface area contributed by atoms with Crippen LogP contribution in [0.5, 0.6) is 0 Å². The Morgan fingerprint density at radius 3 is 2.94 bits per heavy atom. The van der Waals surface area contributed by atoms with E-state index in [4.69, 9.17) is 0 Å². The second-order valence-electron chi connectivity index (χ2n) is 5.33. The molecule has 2 nitrogen and oxygen atoms in total. The van der Waals surface area contributed by atoms with Gasteiger partial charge in [0.1, 0.15) is 0 Å². The van der Waals surface area contributed by atoms with Crippen molar-refractivity contribution in [2.24, 2.45) is 5.92 Å². The van der Waals surface area contributed by atoms with Gasteiger partial charge in [0.05, 0.1) is 0 Å². The molecule has 2 rings (SSSR count). The minimum Gasteiger partial charge on any atom is -0.318 e. The molecule has 0 saturated carbocycles. The third-order valence-electron chi connectivity index (χ3n) is 3.93. The Hall–Kier alpha value is -0.380. The van der Waals surface area contributed by atoms with Crippen LogP contribution >= 0.6 is 11.3 Å². The summed E-state index contributed by atoms with van der Waals surface area (Å²) >= 11 is 1.92. The molecule has 0 aromatic carbocycles.